The van der Waals surface area contributed by atoms with E-state index in [9.17, 15) is 4.79 Å². The van der Waals surface area contributed by atoms with Crippen molar-refractivity contribution in [1.82, 2.24) is 4.98 Å². The molecule has 1 N–H and O–H groups in total. The van der Waals surface area contributed by atoms with E-state index in [4.69, 9.17) is 21.4 Å². The molecule has 6 heteroatoms. The Hall–Kier alpha value is -1.59. The summed E-state index contributed by atoms with van der Waals surface area (Å²) in [4.78, 5) is 15.7. The Kier molecular flexibility index (Phi) is 4.54. The van der Waals surface area contributed by atoms with Crippen LogP contribution in [0.5, 0.6) is 5.75 Å². The number of rotatable bonds is 4. The molecule has 112 valence electrons. The van der Waals surface area contributed by atoms with Gasteiger partial charge < -0.3 is 9.84 Å². The van der Waals surface area contributed by atoms with Crippen molar-refractivity contribution in [2.75, 3.05) is 0 Å². The van der Waals surface area contributed by atoms with E-state index < -0.39 is 5.97 Å². The van der Waals surface area contributed by atoms with E-state index in [2.05, 4.69) is 25.8 Å². The average molecular weight is 326 g/mol. The number of nitrogens with zero attached hydrogens (tertiary/aromatic N) is 1. The van der Waals surface area contributed by atoms with Crippen LogP contribution in [0.25, 0.3) is 0 Å². The third kappa shape index (κ3) is 3.95. The number of halogens is 1. The van der Waals surface area contributed by atoms with Crippen molar-refractivity contribution >= 4 is 28.9 Å². The van der Waals surface area contributed by atoms with Gasteiger partial charge in [-0.15, -0.1) is 11.3 Å². The molecule has 2 aromatic rings. The number of carboxylic acids is 1. The van der Waals surface area contributed by atoms with Gasteiger partial charge >= 0.3 is 5.97 Å². The standard InChI is InChI=1S/C15H16ClNO3S/c1-15(2,3)12-8-21-13(17-12)7-20-11-5-4-9(16)6-10(11)14(18)19/h4-6,8H,7H2,1-3H3,(H,18,19). The molecule has 0 unspecified atom stereocenters. The Bertz CT molecular complexity index is 661. The highest BCUT2D eigenvalue weighted by Crippen LogP contribution is 2.26. The van der Waals surface area contributed by atoms with Gasteiger partial charge in [-0.25, -0.2) is 9.78 Å². The molecule has 1 aromatic heterocycles. The van der Waals surface area contributed by atoms with Crippen LogP contribution in [0.2, 0.25) is 5.02 Å². The Morgan fingerprint density at radius 2 is 2.14 bits per heavy atom. The number of carboxylic acid groups (broad SMARTS) is 1. The van der Waals surface area contributed by atoms with E-state index in [-0.39, 0.29) is 17.6 Å². The van der Waals surface area contributed by atoms with Crippen molar-refractivity contribution in [3.8, 4) is 5.75 Å². The van der Waals surface area contributed by atoms with Gasteiger partial charge in [0.15, 0.2) is 0 Å². The fraction of sp³-hybridized carbons (Fsp3) is 0.333. The van der Waals surface area contributed by atoms with Crippen LogP contribution in [-0.2, 0) is 12.0 Å². The van der Waals surface area contributed by atoms with Crippen molar-refractivity contribution in [3.63, 3.8) is 0 Å². The van der Waals surface area contributed by atoms with Gasteiger partial charge in [-0.05, 0) is 18.2 Å². The summed E-state index contributed by atoms with van der Waals surface area (Å²) in [5.41, 5.74) is 1.04. The molecule has 0 aliphatic rings. The molecule has 1 aromatic carbocycles. The average Bonchev–Trinajstić information content (AvgIpc) is 2.85. The van der Waals surface area contributed by atoms with E-state index in [1.807, 2.05) is 5.38 Å². The van der Waals surface area contributed by atoms with Crippen molar-refractivity contribution in [2.45, 2.75) is 32.8 Å². The predicted octanol–water partition coefficient (Wildman–Crippen LogP) is 4.37. The molecular weight excluding hydrogens is 310 g/mol. The maximum absolute atomic E-state index is 11.2. The minimum atomic E-state index is -1.07. The molecule has 0 saturated carbocycles. The molecule has 0 bridgehead atoms. The van der Waals surface area contributed by atoms with Crippen LogP contribution < -0.4 is 4.74 Å². The Morgan fingerprint density at radius 1 is 1.43 bits per heavy atom. The molecule has 21 heavy (non-hydrogen) atoms. The van der Waals surface area contributed by atoms with Crippen LogP contribution in [-0.4, -0.2) is 16.1 Å². The maximum atomic E-state index is 11.2. The zero-order valence-corrected chi connectivity index (χ0v) is 13.6. The van der Waals surface area contributed by atoms with Crippen LogP contribution in [0.15, 0.2) is 23.6 Å². The number of carbonyl (C=O) groups is 1. The van der Waals surface area contributed by atoms with Gasteiger partial charge in [-0.2, -0.15) is 0 Å². The molecule has 4 nitrogen and oxygen atoms in total. The second kappa shape index (κ2) is 6.03. The first kappa shape index (κ1) is 15.8. The first-order valence-corrected chi connectivity index (χ1v) is 7.63. The third-order valence-corrected chi connectivity index (χ3v) is 3.90. The van der Waals surface area contributed by atoms with E-state index in [0.29, 0.717) is 10.8 Å². The molecule has 0 fully saturated rings. The molecule has 0 radical (unpaired) electrons. The highest BCUT2D eigenvalue weighted by molar-refractivity contribution is 7.09. The van der Waals surface area contributed by atoms with Crippen LogP contribution in [0.4, 0.5) is 0 Å². The van der Waals surface area contributed by atoms with Gasteiger partial charge in [-0.1, -0.05) is 32.4 Å². The summed E-state index contributed by atoms with van der Waals surface area (Å²) in [6, 6.07) is 4.54. The number of benzene rings is 1. The second-order valence-corrected chi connectivity index (χ2v) is 6.99. The van der Waals surface area contributed by atoms with Crippen molar-refractivity contribution < 1.29 is 14.6 Å². The molecular formula is C15H16ClNO3S. The van der Waals surface area contributed by atoms with Gasteiger partial charge in [0.2, 0.25) is 0 Å². The van der Waals surface area contributed by atoms with Gasteiger partial charge in [0.25, 0.3) is 0 Å². The summed E-state index contributed by atoms with van der Waals surface area (Å²) in [5.74, 6) is -0.776. The van der Waals surface area contributed by atoms with Crippen molar-refractivity contribution in [2.24, 2.45) is 0 Å². The van der Waals surface area contributed by atoms with E-state index in [0.717, 1.165) is 10.7 Å². The predicted molar refractivity (Wildman–Crippen MR) is 83.6 cm³/mol. The zero-order chi connectivity index (χ0) is 15.6. The van der Waals surface area contributed by atoms with E-state index in [1.165, 1.54) is 17.4 Å². The van der Waals surface area contributed by atoms with Gasteiger partial charge in [-0.3, -0.25) is 0 Å². The van der Waals surface area contributed by atoms with Gasteiger partial charge in [0.05, 0.1) is 5.69 Å². The summed E-state index contributed by atoms with van der Waals surface area (Å²) in [7, 11) is 0. The van der Waals surface area contributed by atoms with Crippen LogP contribution >= 0.6 is 22.9 Å². The zero-order valence-electron chi connectivity index (χ0n) is 12.0. The number of hydrogen-bond donors (Lipinski definition) is 1. The SMILES string of the molecule is CC(C)(C)c1csc(COc2ccc(Cl)cc2C(=O)O)n1. The molecule has 0 saturated heterocycles. The van der Waals surface area contributed by atoms with Crippen LogP contribution in [0.1, 0.15) is 41.8 Å². The number of hydrogen-bond acceptors (Lipinski definition) is 4. The number of thiazole rings is 1. The lowest BCUT2D eigenvalue weighted by Crippen LogP contribution is -2.11. The molecule has 2 rings (SSSR count). The van der Waals surface area contributed by atoms with E-state index in [1.54, 1.807) is 12.1 Å². The first-order chi connectivity index (χ1) is 9.77. The smallest absolute Gasteiger partial charge is 0.339 e. The fourth-order valence-electron chi connectivity index (χ4n) is 1.66. The highest BCUT2D eigenvalue weighted by atomic mass is 35.5. The van der Waals surface area contributed by atoms with Gasteiger partial charge in [0, 0.05) is 15.8 Å². The summed E-state index contributed by atoms with van der Waals surface area (Å²) in [6.45, 7) is 6.51. The van der Waals surface area contributed by atoms with Crippen LogP contribution in [0.3, 0.4) is 0 Å². The Balaban J connectivity index is 2.13. The highest BCUT2D eigenvalue weighted by Gasteiger charge is 2.18. The lowest BCUT2D eigenvalue weighted by Gasteiger charge is -2.14. The largest absolute Gasteiger partial charge is 0.486 e. The molecule has 0 atom stereocenters. The first-order valence-electron chi connectivity index (χ1n) is 6.38. The van der Waals surface area contributed by atoms with E-state index >= 15 is 0 Å². The summed E-state index contributed by atoms with van der Waals surface area (Å²) in [6.07, 6.45) is 0. The summed E-state index contributed by atoms with van der Waals surface area (Å²) < 4.78 is 5.57. The lowest BCUT2D eigenvalue weighted by molar-refractivity contribution is 0.0691. The lowest BCUT2D eigenvalue weighted by atomic mass is 9.93. The molecule has 0 amide bonds. The molecule has 0 aliphatic carbocycles. The molecule has 1 heterocycles. The summed E-state index contributed by atoms with van der Waals surface area (Å²) in [5, 5.41) is 12.3. The number of ether oxygens (including phenoxy) is 1. The molecule has 0 spiro atoms. The van der Waals surface area contributed by atoms with Gasteiger partial charge in [0.1, 0.15) is 22.9 Å². The quantitative estimate of drug-likeness (QED) is 0.906. The van der Waals surface area contributed by atoms with Crippen LogP contribution in [0, 0.1) is 0 Å². The maximum Gasteiger partial charge on any atom is 0.339 e. The molecule has 0 aliphatic heterocycles. The minimum absolute atomic E-state index is 0.0127. The second-order valence-electron chi connectivity index (χ2n) is 5.61. The Labute approximate surface area is 132 Å². The minimum Gasteiger partial charge on any atom is -0.486 e. The monoisotopic (exact) mass is 325 g/mol. The number of aromatic carboxylic acids is 1. The fourth-order valence-corrected chi connectivity index (χ4v) is 2.76. The normalized spacial score (nSPS) is 11.4. The third-order valence-electron chi connectivity index (χ3n) is 2.84. The Morgan fingerprint density at radius 3 is 2.71 bits per heavy atom. The summed E-state index contributed by atoms with van der Waals surface area (Å²) >= 11 is 7.31. The van der Waals surface area contributed by atoms with Crippen molar-refractivity contribution in [3.05, 3.63) is 44.9 Å². The topological polar surface area (TPSA) is 59.4 Å². The van der Waals surface area contributed by atoms with Crippen molar-refractivity contribution in [1.29, 1.82) is 0 Å². The number of aromatic nitrogens is 1.